The third kappa shape index (κ3) is 3.18. The van der Waals surface area contributed by atoms with Gasteiger partial charge in [-0.05, 0) is 42.0 Å². The van der Waals surface area contributed by atoms with E-state index in [1.54, 1.807) is 39.9 Å². The van der Waals surface area contributed by atoms with Crippen LogP contribution in [0.5, 0.6) is 0 Å². The van der Waals surface area contributed by atoms with Crippen LogP contribution in [0.3, 0.4) is 0 Å². The molecule has 2 aromatic rings. The molecule has 21 heavy (non-hydrogen) atoms. The lowest BCUT2D eigenvalue weighted by Gasteiger charge is -2.21. The van der Waals surface area contributed by atoms with Crippen LogP contribution in [0.1, 0.15) is 23.3 Å². The Morgan fingerprint density at radius 3 is 2.43 bits per heavy atom. The summed E-state index contributed by atoms with van der Waals surface area (Å²) in [5, 5.41) is 11.0. The highest BCUT2D eigenvalue weighted by Crippen LogP contribution is 2.34. The third-order valence-electron chi connectivity index (χ3n) is 3.56. The summed E-state index contributed by atoms with van der Waals surface area (Å²) in [7, 11) is -3.48. The quantitative estimate of drug-likeness (QED) is 0.889. The van der Waals surface area contributed by atoms with Crippen molar-refractivity contribution >= 4 is 21.4 Å². The van der Waals surface area contributed by atoms with Crippen LogP contribution in [0.4, 0.5) is 0 Å². The van der Waals surface area contributed by atoms with E-state index >= 15 is 0 Å². The average Bonchev–Trinajstić information content (AvgIpc) is 3.20. The van der Waals surface area contributed by atoms with Crippen molar-refractivity contribution in [3.63, 3.8) is 0 Å². The molecule has 1 aliphatic carbocycles. The van der Waals surface area contributed by atoms with Crippen molar-refractivity contribution in [3.8, 4) is 0 Å². The molecule has 0 radical (unpaired) electrons. The molecule has 1 aliphatic rings. The molecule has 0 saturated heterocycles. The number of sulfonamides is 1. The lowest BCUT2D eigenvalue weighted by atomic mass is 10.2. The van der Waals surface area contributed by atoms with Crippen LogP contribution in [0, 0.1) is 0 Å². The van der Waals surface area contributed by atoms with E-state index in [0.29, 0.717) is 17.0 Å². The summed E-state index contributed by atoms with van der Waals surface area (Å²) >= 11 is 1.57. The number of rotatable bonds is 6. The van der Waals surface area contributed by atoms with Gasteiger partial charge in [-0.2, -0.15) is 4.31 Å². The lowest BCUT2D eigenvalue weighted by molar-refractivity contribution is 0.281. The first-order chi connectivity index (χ1) is 10.1. The van der Waals surface area contributed by atoms with E-state index < -0.39 is 10.0 Å². The molecule has 112 valence electrons. The average molecular weight is 323 g/mol. The molecule has 1 N–H and O–H groups in total. The Bertz CT molecular complexity index is 689. The maximum Gasteiger partial charge on any atom is 0.243 e. The fourth-order valence-electron chi connectivity index (χ4n) is 2.23. The van der Waals surface area contributed by atoms with Crippen LogP contribution in [0.2, 0.25) is 0 Å². The highest BCUT2D eigenvalue weighted by Gasteiger charge is 2.38. The van der Waals surface area contributed by atoms with Gasteiger partial charge in [-0.15, -0.1) is 11.3 Å². The first kappa shape index (κ1) is 14.7. The summed E-state index contributed by atoms with van der Waals surface area (Å²) in [6, 6.07) is 10.5. The molecule has 1 aromatic carbocycles. The Labute approximate surface area is 128 Å². The molecule has 0 spiro atoms. The van der Waals surface area contributed by atoms with Crippen molar-refractivity contribution in [1.29, 1.82) is 0 Å². The number of aliphatic hydroxyl groups is 1. The maximum atomic E-state index is 12.8. The topological polar surface area (TPSA) is 57.6 Å². The summed E-state index contributed by atoms with van der Waals surface area (Å²) in [5.74, 6) is 0. The minimum atomic E-state index is -3.48. The first-order valence-electron chi connectivity index (χ1n) is 6.85. The van der Waals surface area contributed by atoms with Crippen molar-refractivity contribution in [2.24, 2.45) is 0 Å². The maximum absolute atomic E-state index is 12.8. The SMILES string of the molecule is O=S(=O)(c1ccc(CO)cc1)N(Cc1cccs1)C1CC1. The zero-order valence-corrected chi connectivity index (χ0v) is 13.1. The minimum Gasteiger partial charge on any atom is -0.392 e. The molecular formula is C15H17NO3S2. The molecule has 0 unspecified atom stereocenters. The predicted octanol–water partition coefficient (Wildman–Crippen LogP) is 2.59. The van der Waals surface area contributed by atoms with Gasteiger partial charge in [0.05, 0.1) is 11.5 Å². The molecular weight excluding hydrogens is 306 g/mol. The normalized spacial score (nSPS) is 15.5. The molecule has 4 nitrogen and oxygen atoms in total. The van der Waals surface area contributed by atoms with Crippen molar-refractivity contribution in [3.05, 3.63) is 52.2 Å². The van der Waals surface area contributed by atoms with Gasteiger partial charge < -0.3 is 5.11 Å². The van der Waals surface area contributed by atoms with Gasteiger partial charge in [0.2, 0.25) is 10.0 Å². The largest absolute Gasteiger partial charge is 0.392 e. The van der Waals surface area contributed by atoms with Crippen LogP contribution in [0.15, 0.2) is 46.7 Å². The van der Waals surface area contributed by atoms with Gasteiger partial charge in [-0.1, -0.05) is 18.2 Å². The summed E-state index contributed by atoms with van der Waals surface area (Å²) in [4.78, 5) is 1.35. The molecule has 6 heteroatoms. The Balaban J connectivity index is 1.89. The molecule has 1 aromatic heterocycles. The summed E-state index contributed by atoms with van der Waals surface area (Å²) in [6.45, 7) is 0.355. The number of hydrogen-bond donors (Lipinski definition) is 1. The van der Waals surface area contributed by atoms with Gasteiger partial charge in [0.1, 0.15) is 0 Å². The fraction of sp³-hybridized carbons (Fsp3) is 0.333. The van der Waals surface area contributed by atoms with Crippen molar-refractivity contribution in [2.45, 2.75) is 36.9 Å². The van der Waals surface area contributed by atoms with Crippen LogP contribution in [0.25, 0.3) is 0 Å². The van der Waals surface area contributed by atoms with Crippen LogP contribution >= 0.6 is 11.3 Å². The Morgan fingerprint density at radius 2 is 1.90 bits per heavy atom. The smallest absolute Gasteiger partial charge is 0.243 e. The van der Waals surface area contributed by atoms with Crippen LogP contribution in [-0.4, -0.2) is 23.9 Å². The third-order valence-corrected chi connectivity index (χ3v) is 6.33. The molecule has 0 atom stereocenters. The molecule has 0 amide bonds. The van der Waals surface area contributed by atoms with Crippen LogP contribution in [-0.2, 0) is 23.2 Å². The number of benzene rings is 1. The van der Waals surface area contributed by atoms with Crippen LogP contribution < -0.4 is 0 Å². The summed E-state index contributed by atoms with van der Waals surface area (Å²) < 4.78 is 27.2. The Morgan fingerprint density at radius 1 is 1.19 bits per heavy atom. The number of thiophene rings is 1. The highest BCUT2D eigenvalue weighted by atomic mass is 32.2. The molecule has 3 rings (SSSR count). The number of aliphatic hydroxyl groups excluding tert-OH is 1. The molecule has 1 fully saturated rings. The minimum absolute atomic E-state index is 0.0815. The van der Waals surface area contributed by atoms with Crippen molar-refractivity contribution in [2.75, 3.05) is 0 Å². The van der Waals surface area contributed by atoms with E-state index in [1.165, 1.54) is 0 Å². The Kier molecular flexibility index (Phi) is 4.12. The fourth-order valence-corrected chi connectivity index (χ4v) is 4.68. The van der Waals surface area contributed by atoms with E-state index in [-0.39, 0.29) is 12.6 Å². The Hall–Kier alpha value is -1.21. The lowest BCUT2D eigenvalue weighted by Crippen LogP contribution is -2.32. The van der Waals surface area contributed by atoms with Gasteiger partial charge in [-0.25, -0.2) is 8.42 Å². The van der Waals surface area contributed by atoms with Gasteiger partial charge >= 0.3 is 0 Å². The van der Waals surface area contributed by atoms with E-state index in [2.05, 4.69) is 0 Å². The van der Waals surface area contributed by atoms with Crippen molar-refractivity contribution in [1.82, 2.24) is 4.31 Å². The monoisotopic (exact) mass is 323 g/mol. The van der Waals surface area contributed by atoms with Gasteiger partial charge in [0, 0.05) is 17.5 Å². The second-order valence-electron chi connectivity index (χ2n) is 5.16. The molecule has 0 aliphatic heterocycles. The second kappa shape index (κ2) is 5.88. The zero-order valence-electron chi connectivity index (χ0n) is 11.5. The summed E-state index contributed by atoms with van der Waals surface area (Å²) in [6.07, 6.45) is 1.86. The van der Waals surface area contributed by atoms with Crippen molar-refractivity contribution < 1.29 is 13.5 Å². The molecule has 1 saturated carbocycles. The predicted molar refractivity (Wildman–Crippen MR) is 82.4 cm³/mol. The van der Waals surface area contributed by atoms with E-state index in [9.17, 15) is 8.42 Å². The molecule has 1 heterocycles. The number of nitrogens with zero attached hydrogens (tertiary/aromatic N) is 1. The zero-order chi connectivity index (χ0) is 14.9. The van der Waals surface area contributed by atoms with E-state index in [1.807, 2.05) is 17.5 Å². The summed E-state index contributed by atoms with van der Waals surface area (Å²) in [5.41, 5.74) is 0.713. The van der Waals surface area contributed by atoms with Gasteiger partial charge in [-0.3, -0.25) is 0 Å². The molecule has 0 bridgehead atoms. The first-order valence-corrected chi connectivity index (χ1v) is 9.17. The highest BCUT2D eigenvalue weighted by molar-refractivity contribution is 7.89. The van der Waals surface area contributed by atoms with Gasteiger partial charge in [0.25, 0.3) is 0 Å². The standard InChI is InChI=1S/C15H17NO3S2/c17-11-12-3-7-15(8-4-12)21(18,19)16(13-5-6-13)10-14-2-1-9-20-14/h1-4,7-9,13,17H,5-6,10-11H2. The van der Waals surface area contributed by atoms with E-state index in [4.69, 9.17) is 5.11 Å². The van der Waals surface area contributed by atoms with Gasteiger partial charge in [0.15, 0.2) is 0 Å². The van der Waals surface area contributed by atoms with E-state index in [0.717, 1.165) is 17.7 Å². The second-order valence-corrected chi connectivity index (χ2v) is 8.09. The number of hydrogen-bond acceptors (Lipinski definition) is 4.